The lowest BCUT2D eigenvalue weighted by Gasteiger charge is -2.29. The van der Waals surface area contributed by atoms with Crippen LogP contribution in [0.1, 0.15) is 46.9 Å². The third-order valence-corrected chi connectivity index (χ3v) is 6.07. The van der Waals surface area contributed by atoms with Crippen molar-refractivity contribution in [1.29, 1.82) is 5.26 Å². The molecular formula is C19H18F3N9O2S. The summed E-state index contributed by atoms with van der Waals surface area (Å²) in [4.78, 5) is 36.0. The number of aryl methyl sites for hydroxylation is 1. The molecule has 15 heteroatoms. The first kappa shape index (κ1) is 23.4. The van der Waals surface area contributed by atoms with E-state index in [1.54, 1.807) is 11.0 Å². The summed E-state index contributed by atoms with van der Waals surface area (Å²) in [6, 6.07) is 3.57. The molecule has 0 fully saturated rings. The fraction of sp³-hybridized carbons (Fsp3) is 0.421. The van der Waals surface area contributed by atoms with E-state index in [2.05, 4.69) is 31.0 Å². The number of carbonyl (C=O) groups is 2. The average molecular weight is 493 g/mol. The summed E-state index contributed by atoms with van der Waals surface area (Å²) in [6.07, 6.45) is -3.37. The topological polar surface area (TPSA) is 142 Å². The summed E-state index contributed by atoms with van der Waals surface area (Å²) in [7, 11) is 0. The van der Waals surface area contributed by atoms with Gasteiger partial charge in [-0.3, -0.25) is 20.4 Å². The Morgan fingerprint density at radius 2 is 2.03 bits per heavy atom. The smallest absolute Gasteiger partial charge is 0.347 e. The molecule has 0 saturated heterocycles. The molecule has 1 aliphatic heterocycles. The van der Waals surface area contributed by atoms with Crippen LogP contribution in [0.15, 0.2) is 6.07 Å². The van der Waals surface area contributed by atoms with Gasteiger partial charge in [-0.2, -0.15) is 18.4 Å². The molecule has 0 aliphatic carbocycles. The zero-order chi connectivity index (χ0) is 24.5. The highest BCUT2D eigenvalue weighted by Crippen LogP contribution is 2.34. The zero-order valence-corrected chi connectivity index (χ0v) is 18.6. The number of hydrazine groups is 1. The van der Waals surface area contributed by atoms with E-state index >= 15 is 0 Å². The van der Waals surface area contributed by atoms with Crippen LogP contribution < -0.4 is 15.8 Å². The molecule has 1 aliphatic rings. The van der Waals surface area contributed by atoms with Gasteiger partial charge in [-0.05, 0) is 12.5 Å². The minimum Gasteiger partial charge on any atom is -0.347 e. The van der Waals surface area contributed by atoms with Crippen LogP contribution in [0.25, 0.3) is 10.2 Å². The third kappa shape index (κ3) is 4.62. The van der Waals surface area contributed by atoms with Gasteiger partial charge in [0.2, 0.25) is 11.6 Å². The van der Waals surface area contributed by atoms with Gasteiger partial charge in [-0.25, -0.2) is 9.97 Å². The van der Waals surface area contributed by atoms with Crippen LogP contribution in [0.3, 0.4) is 0 Å². The van der Waals surface area contributed by atoms with Crippen LogP contribution in [0.4, 0.5) is 19.0 Å². The van der Waals surface area contributed by atoms with Gasteiger partial charge in [-0.15, -0.1) is 21.5 Å². The number of halogens is 3. The maximum atomic E-state index is 13.2. The van der Waals surface area contributed by atoms with Crippen LogP contribution in [0.2, 0.25) is 0 Å². The lowest BCUT2D eigenvalue weighted by atomic mass is 10.2. The minimum atomic E-state index is -4.61. The molecule has 0 unspecified atom stereocenters. The molecule has 34 heavy (non-hydrogen) atoms. The maximum Gasteiger partial charge on any atom is 0.451 e. The summed E-state index contributed by atoms with van der Waals surface area (Å²) in [5.41, 5.74) is 4.27. The third-order valence-electron chi connectivity index (χ3n) is 4.98. The van der Waals surface area contributed by atoms with E-state index in [0.717, 1.165) is 22.3 Å². The molecule has 3 aromatic rings. The van der Waals surface area contributed by atoms with E-state index in [9.17, 15) is 22.8 Å². The molecule has 3 aromatic heterocycles. The Balaban J connectivity index is 1.68. The van der Waals surface area contributed by atoms with Crippen molar-refractivity contribution in [3.05, 3.63) is 28.4 Å². The van der Waals surface area contributed by atoms with Gasteiger partial charge in [0.15, 0.2) is 5.82 Å². The molecule has 2 amide bonds. The van der Waals surface area contributed by atoms with Crippen LogP contribution in [-0.4, -0.2) is 43.1 Å². The molecular weight excluding hydrogens is 475 g/mol. The molecule has 0 spiro atoms. The molecule has 4 rings (SSSR count). The van der Waals surface area contributed by atoms with Gasteiger partial charge in [0.1, 0.15) is 17.1 Å². The Morgan fingerprint density at radius 1 is 1.24 bits per heavy atom. The van der Waals surface area contributed by atoms with Crippen molar-refractivity contribution in [3.8, 4) is 6.07 Å². The Hall–Kier alpha value is -3.80. The number of nitrogens with one attached hydrogen (secondary N) is 2. The molecule has 2 N–H and O–H groups in total. The van der Waals surface area contributed by atoms with Gasteiger partial charge in [0, 0.05) is 18.0 Å². The average Bonchev–Trinajstić information content (AvgIpc) is 3.40. The molecule has 11 nitrogen and oxygen atoms in total. The van der Waals surface area contributed by atoms with E-state index in [1.807, 2.05) is 13.0 Å². The number of nitriles is 1. The highest BCUT2D eigenvalue weighted by atomic mass is 32.1. The van der Waals surface area contributed by atoms with Gasteiger partial charge in [0.05, 0.1) is 18.0 Å². The van der Waals surface area contributed by atoms with E-state index in [0.29, 0.717) is 16.0 Å². The van der Waals surface area contributed by atoms with Gasteiger partial charge in [-0.1, -0.05) is 13.3 Å². The number of hydrogen-bond acceptors (Lipinski definition) is 9. The van der Waals surface area contributed by atoms with Gasteiger partial charge < -0.3 is 9.47 Å². The number of carbonyl (C=O) groups excluding carboxylic acids is 2. The fourth-order valence-electron chi connectivity index (χ4n) is 3.52. The van der Waals surface area contributed by atoms with Crippen LogP contribution in [0, 0.1) is 11.3 Å². The summed E-state index contributed by atoms with van der Waals surface area (Å²) >= 11 is 1.39. The molecule has 0 radical (unpaired) electrons. The number of alkyl halides is 3. The summed E-state index contributed by atoms with van der Waals surface area (Å²) in [6.45, 7) is 2.20. The fourth-order valence-corrected chi connectivity index (χ4v) is 4.64. The quantitative estimate of drug-likeness (QED) is 0.514. The molecule has 4 heterocycles. The van der Waals surface area contributed by atoms with Crippen molar-refractivity contribution in [2.24, 2.45) is 0 Å². The number of thiophene rings is 1. The van der Waals surface area contributed by atoms with E-state index < -0.39 is 30.2 Å². The number of aromatic nitrogens is 5. The first-order chi connectivity index (χ1) is 16.2. The Morgan fingerprint density at radius 3 is 2.74 bits per heavy atom. The molecule has 0 atom stereocenters. The molecule has 0 saturated carbocycles. The highest BCUT2D eigenvalue weighted by Gasteiger charge is 2.39. The summed E-state index contributed by atoms with van der Waals surface area (Å²) in [5.74, 6) is -2.27. The number of hydrogen-bond donors (Lipinski definition) is 2. The normalized spacial score (nSPS) is 13.4. The number of amides is 2. The predicted molar refractivity (Wildman–Crippen MR) is 113 cm³/mol. The lowest BCUT2D eigenvalue weighted by Crippen LogP contribution is -2.42. The predicted octanol–water partition coefficient (Wildman–Crippen LogP) is 1.95. The van der Waals surface area contributed by atoms with Crippen molar-refractivity contribution >= 4 is 39.2 Å². The van der Waals surface area contributed by atoms with Crippen LogP contribution >= 0.6 is 11.3 Å². The van der Waals surface area contributed by atoms with E-state index in [-0.39, 0.29) is 31.3 Å². The molecule has 178 valence electrons. The summed E-state index contributed by atoms with van der Waals surface area (Å²) in [5, 5.41) is 16.2. The molecule has 0 bridgehead atoms. The van der Waals surface area contributed by atoms with Crippen LogP contribution in [0.5, 0.6) is 0 Å². The first-order valence-electron chi connectivity index (χ1n) is 10.2. The van der Waals surface area contributed by atoms with Crippen molar-refractivity contribution < 1.29 is 22.8 Å². The summed E-state index contributed by atoms with van der Waals surface area (Å²) < 4.78 is 40.6. The second kappa shape index (κ2) is 9.21. The van der Waals surface area contributed by atoms with Crippen molar-refractivity contribution in [2.75, 3.05) is 11.4 Å². The monoisotopic (exact) mass is 493 g/mol. The SMILES string of the molecule is CCCc1cc2c(N3CCn4c(nnc4C(F)(F)F)C3)nc(C(=O)NNC(=O)CC#N)nc2s1. The van der Waals surface area contributed by atoms with Crippen molar-refractivity contribution in [2.45, 2.75) is 45.5 Å². The van der Waals surface area contributed by atoms with E-state index in [1.165, 1.54) is 11.3 Å². The maximum absolute atomic E-state index is 13.2. The second-order valence-corrected chi connectivity index (χ2v) is 8.52. The Kier molecular flexibility index (Phi) is 6.33. The number of anilines is 1. The highest BCUT2D eigenvalue weighted by molar-refractivity contribution is 7.18. The number of fused-ring (bicyclic) bond motifs is 2. The molecule has 0 aromatic carbocycles. The van der Waals surface area contributed by atoms with Crippen molar-refractivity contribution in [3.63, 3.8) is 0 Å². The van der Waals surface area contributed by atoms with Crippen LogP contribution in [-0.2, 0) is 30.5 Å². The standard InChI is InChI=1S/C19H18F3N9O2S/c1-2-3-10-8-11-15(30-6-7-31-12(9-30)26-29-18(31)19(20,21)22)24-14(25-17(11)34-10)16(33)28-27-13(32)4-5-23/h8H,2-4,6-7,9H2,1H3,(H,27,32)(H,28,33). The largest absolute Gasteiger partial charge is 0.451 e. The van der Waals surface area contributed by atoms with Gasteiger partial charge in [0.25, 0.3) is 5.91 Å². The zero-order valence-electron chi connectivity index (χ0n) is 17.8. The first-order valence-corrected chi connectivity index (χ1v) is 11.0. The Bertz CT molecular complexity index is 1290. The number of rotatable bonds is 5. The second-order valence-electron chi connectivity index (χ2n) is 7.40. The Labute approximate surface area is 194 Å². The van der Waals surface area contributed by atoms with Gasteiger partial charge >= 0.3 is 12.1 Å². The van der Waals surface area contributed by atoms with E-state index in [4.69, 9.17) is 5.26 Å². The van der Waals surface area contributed by atoms with Crippen molar-refractivity contribution in [1.82, 2.24) is 35.6 Å². The minimum absolute atomic E-state index is 0.00805. The number of nitrogens with zero attached hydrogens (tertiary/aromatic N) is 7. The lowest BCUT2D eigenvalue weighted by molar-refractivity contribution is -0.147.